The largest absolute Gasteiger partial charge is 0.356 e. The summed E-state index contributed by atoms with van der Waals surface area (Å²) < 4.78 is 5.24. The third kappa shape index (κ3) is 1.89. The van der Waals surface area contributed by atoms with Gasteiger partial charge in [-0.1, -0.05) is 16.8 Å². The summed E-state index contributed by atoms with van der Waals surface area (Å²) in [4.78, 5) is 0. The lowest BCUT2D eigenvalue weighted by Gasteiger charge is -1.97. The number of halogens is 1. The highest BCUT2D eigenvalue weighted by atomic mass is 35.5. The lowest BCUT2D eigenvalue weighted by atomic mass is 10.1. The van der Waals surface area contributed by atoms with Crippen molar-refractivity contribution in [1.82, 2.24) is 5.16 Å². The molecule has 0 fully saturated rings. The molecule has 0 bridgehead atoms. The van der Waals surface area contributed by atoms with Crippen LogP contribution in [0.3, 0.4) is 0 Å². The van der Waals surface area contributed by atoms with Crippen LogP contribution in [-0.4, -0.2) is 5.16 Å². The van der Waals surface area contributed by atoms with Crippen molar-refractivity contribution in [1.29, 1.82) is 0 Å². The average Bonchev–Trinajstić information content (AvgIpc) is 2.61. The van der Waals surface area contributed by atoms with Crippen LogP contribution in [0.5, 0.6) is 0 Å². The van der Waals surface area contributed by atoms with Gasteiger partial charge in [-0.2, -0.15) is 0 Å². The van der Waals surface area contributed by atoms with Crippen LogP contribution < -0.4 is 5.73 Å². The van der Waals surface area contributed by atoms with Crippen molar-refractivity contribution >= 4 is 11.6 Å². The van der Waals surface area contributed by atoms with Gasteiger partial charge in [0.1, 0.15) is 5.69 Å². The summed E-state index contributed by atoms with van der Waals surface area (Å²) in [7, 11) is 0. The number of aromatic nitrogens is 1. The Bertz CT molecular complexity index is 462. The Labute approximate surface area is 92.8 Å². The SMILES string of the molecule is Cc1c(CN)noc1-c1ccc(Cl)cc1. The standard InChI is InChI=1S/C11H11ClN2O/c1-7-10(6-13)14-15-11(7)8-2-4-9(12)5-3-8/h2-5H,6,13H2,1H3. The minimum absolute atomic E-state index is 0.392. The predicted molar refractivity (Wildman–Crippen MR) is 59.6 cm³/mol. The van der Waals surface area contributed by atoms with Gasteiger partial charge >= 0.3 is 0 Å². The van der Waals surface area contributed by atoms with Gasteiger partial charge in [-0.25, -0.2) is 0 Å². The molecule has 0 saturated carbocycles. The molecule has 0 radical (unpaired) electrons. The van der Waals surface area contributed by atoms with Crippen molar-refractivity contribution in [2.45, 2.75) is 13.5 Å². The second-order valence-corrected chi connectivity index (χ2v) is 3.73. The summed E-state index contributed by atoms with van der Waals surface area (Å²) in [5, 5.41) is 4.60. The first-order valence-electron chi connectivity index (χ1n) is 4.63. The maximum atomic E-state index is 5.81. The van der Waals surface area contributed by atoms with Crippen LogP contribution in [0.25, 0.3) is 11.3 Å². The van der Waals surface area contributed by atoms with Crippen LogP contribution >= 0.6 is 11.6 Å². The average molecular weight is 223 g/mol. The first kappa shape index (κ1) is 10.2. The van der Waals surface area contributed by atoms with Crippen molar-refractivity contribution in [2.75, 3.05) is 0 Å². The highest BCUT2D eigenvalue weighted by Gasteiger charge is 2.11. The summed E-state index contributed by atoms with van der Waals surface area (Å²) in [6.45, 7) is 2.34. The highest BCUT2D eigenvalue weighted by molar-refractivity contribution is 6.30. The number of nitrogens with zero attached hydrogens (tertiary/aromatic N) is 1. The molecular formula is C11H11ClN2O. The molecule has 0 aliphatic rings. The fourth-order valence-corrected chi connectivity index (χ4v) is 1.56. The minimum atomic E-state index is 0.392. The van der Waals surface area contributed by atoms with Gasteiger partial charge in [-0.05, 0) is 31.2 Å². The predicted octanol–water partition coefficient (Wildman–Crippen LogP) is 2.76. The molecule has 0 aliphatic carbocycles. The van der Waals surface area contributed by atoms with Gasteiger partial charge in [-0.15, -0.1) is 0 Å². The van der Waals surface area contributed by atoms with Gasteiger partial charge in [0.05, 0.1) is 0 Å². The number of hydrogen-bond donors (Lipinski definition) is 1. The van der Waals surface area contributed by atoms with E-state index in [1.807, 2.05) is 31.2 Å². The summed E-state index contributed by atoms with van der Waals surface area (Å²) in [5.41, 5.74) is 8.26. The third-order valence-electron chi connectivity index (χ3n) is 2.32. The third-order valence-corrected chi connectivity index (χ3v) is 2.57. The topological polar surface area (TPSA) is 52.0 Å². The second-order valence-electron chi connectivity index (χ2n) is 3.29. The van der Waals surface area contributed by atoms with E-state index >= 15 is 0 Å². The van der Waals surface area contributed by atoms with Gasteiger partial charge in [0.25, 0.3) is 0 Å². The van der Waals surface area contributed by atoms with Gasteiger partial charge < -0.3 is 10.3 Å². The summed E-state index contributed by atoms with van der Waals surface area (Å²) in [5.74, 6) is 0.757. The van der Waals surface area contributed by atoms with E-state index in [4.69, 9.17) is 21.9 Å². The molecule has 2 aromatic rings. The molecule has 4 heteroatoms. The fraction of sp³-hybridized carbons (Fsp3) is 0.182. The summed E-state index contributed by atoms with van der Waals surface area (Å²) >= 11 is 5.81. The van der Waals surface area contributed by atoms with Gasteiger partial charge in [0.2, 0.25) is 0 Å². The zero-order valence-corrected chi connectivity index (χ0v) is 9.08. The first-order valence-corrected chi connectivity index (χ1v) is 5.01. The molecule has 0 spiro atoms. The Morgan fingerprint density at radius 3 is 2.53 bits per heavy atom. The van der Waals surface area contributed by atoms with E-state index in [2.05, 4.69) is 5.16 Å². The summed E-state index contributed by atoms with van der Waals surface area (Å²) in [6.07, 6.45) is 0. The lowest BCUT2D eigenvalue weighted by Crippen LogP contribution is -1.97. The molecule has 2 N–H and O–H groups in total. The van der Waals surface area contributed by atoms with E-state index in [1.54, 1.807) is 0 Å². The zero-order valence-electron chi connectivity index (χ0n) is 8.33. The van der Waals surface area contributed by atoms with E-state index in [9.17, 15) is 0 Å². The molecule has 2 rings (SSSR count). The molecule has 1 aromatic carbocycles. The van der Waals surface area contributed by atoms with Crippen LogP contribution in [-0.2, 0) is 6.54 Å². The molecule has 15 heavy (non-hydrogen) atoms. The molecule has 0 saturated heterocycles. The van der Waals surface area contributed by atoms with Gasteiger partial charge in [0.15, 0.2) is 5.76 Å². The van der Waals surface area contributed by atoms with Crippen molar-refractivity contribution in [3.8, 4) is 11.3 Å². The monoisotopic (exact) mass is 222 g/mol. The molecule has 1 heterocycles. The van der Waals surface area contributed by atoms with E-state index in [-0.39, 0.29) is 0 Å². The number of hydrogen-bond acceptors (Lipinski definition) is 3. The highest BCUT2D eigenvalue weighted by Crippen LogP contribution is 2.26. The molecular weight excluding hydrogens is 212 g/mol. The molecule has 3 nitrogen and oxygen atoms in total. The Morgan fingerprint density at radius 2 is 2.00 bits per heavy atom. The van der Waals surface area contributed by atoms with Gasteiger partial charge in [-0.3, -0.25) is 0 Å². The minimum Gasteiger partial charge on any atom is -0.356 e. The van der Waals surface area contributed by atoms with Crippen molar-refractivity contribution < 1.29 is 4.52 Å². The van der Waals surface area contributed by atoms with Crippen LogP contribution in [0.15, 0.2) is 28.8 Å². The molecule has 0 atom stereocenters. The van der Waals surface area contributed by atoms with E-state index in [0.717, 1.165) is 22.6 Å². The number of nitrogens with two attached hydrogens (primary N) is 1. The quantitative estimate of drug-likeness (QED) is 0.850. The maximum absolute atomic E-state index is 5.81. The second kappa shape index (κ2) is 4.04. The molecule has 1 aromatic heterocycles. The van der Waals surface area contributed by atoms with Crippen molar-refractivity contribution in [2.24, 2.45) is 5.73 Å². The van der Waals surface area contributed by atoms with Crippen LogP contribution in [0.1, 0.15) is 11.3 Å². The first-order chi connectivity index (χ1) is 7.22. The number of benzene rings is 1. The van der Waals surface area contributed by atoms with E-state index < -0.39 is 0 Å². The van der Waals surface area contributed by atoms with Crippen molar-refractivity contribution in [3.05, 3.63) is 40.5 Å². The Morgan fingerprint density at radius 1 is 1.33 bits per heavy atom. The van der Waals surface area contributed by atoms with E-state index in [1.165, 1.54) is 0 Å². The Balaban J connectivity index is 2.45. The maximum Gasteiger partial charge on any atom is 0.170 e. The van der Waals surface area contributed by atoms with Gasteiger partial charge in [0, 0.05) is 22.7 Å². The Kier molecular flexibility index (Phi) is 2.75. The molecule has 0 aliphatic heterocycles. The summed E-state index contributed by atoms with van der Waals surface area (Å²) in [6, 6.07) is 7.44. The lowest BCUT2D eigenvalue weighted by molar-refractivity contribution is 0.423. The van der Waals surface area contributed by atoms with Crippen LogP contribution in [0, 0.1) is 6.92 Å². The van der Waals surface area contributed by atoms with Crippen LogP contribution in [0.2, 0.25) is 5.02 Å². The van der Waals surface area contributed by atoms with E-state index in [0.29, 0.717) is 11.6 Å². The zero-order chi connectivity index (χ0) is 10.8. The van der Waals surface area contributed by atoms with Crippen LogP contribution in [0.4, 0.5) is 0 Å². The molecule has 0 amide bonds. The van der Waals surface area contributed by atoms with Crippen molar-refractivity contribution in [3.63, 3.8) is 0 Å². The number of rotatable bonds is 2. The molecule has 0 unspecified atom stereocenters. The smallest absolute Gasteiger partial charge is 0.170 e. The molecule has 78 valence electrons. The Hall–Kier alpha value is -1.32. The normalized spacial score (nSPS) is 10.6. The fourth-order valence-electron chi connectivity index (χ4n) is 1.43.